The van der Waals surface area contributed by atoms with Crippen LogP contribution in [0.4, 0.5) is 0 Å². The van der Waals surface area contributed by atoms with Crippen molar-refractivity contribution < 1.29 is 9.53 Å². The Bertz CT molecular complexity index is 349. The number of carbonyl (C=O) groups excluding carboxylic acids is 1. The van der Waals surface area contributed by atoms with Gasteiger partial charge in [0.25, 0.3) is 5.91 Å². The minimum atomic E-state index is -0.594. The Balaban J connectivity index is 3.30. The van der Waals surface area contributed by atoms with Gasteiger partial charge in [-0.15, -0.1) is 0 Å². The number of methoxy groups -OCH3 is 1. The first-order valence-electron chi connectivity index (χ1n) is 3.75. The molecular formula is C8H11N3O2. The number of primary amides is 1. The van der Waals surface area contributed by atoms with Crippen molar-refractivity contribution in [3.8, 4) is 5.88 Å². The topological polar surface area (TPSA) is 78.1 Å². The number of nitrogens with two attached hydrogens (primary N) is 1. The quantitative estimate of drug-likeness (QED) is 0.707. The molecule has 0 aliphatic rings. The van der Waals surface area contributed by atoms with Gasteiger partial charge >= 0.3 is 0 Å². The minimum Gasteiger partial charge on any atom is -0.480 e. The van der Waals surface area contributed by atoms with Crippen LogP contribution in [0.15, 0.2) is 0 Å². The van der Waals surface area contributed by atoms with E-state index in [1.807, 2.05) is 0 Å². The molecule has 1 rings (SSSR count). The van der Waals surface area contributed by atoms with Crippen LogP contribution >= 0.6 is 0 Å². The second kappa shape index (κ2) is 3.38. The van der Waals surface area contributed by atoms with Gasteiger partial charge < -0.3 is 10.5 Å². The maximum atomic E-state index is 10.9. The molecule has 0 saturated carbocycles. The number of carbonyl (C=O) groups is 1. The molecule has 5 heteroatoms. The monoisotopic (exact) mass is 181 g/mol. The number of nitrogens with zero attached hydrogens (tertiary/aromatic N) is 2. The summed E-state index contributed by atoms with van der Waals surface area (Å²) in [5, 5.41) is 0. The average Bonchev–Trinajstić information content (AvgIpc) is 2.03. The van der Waals surface area contributed by atoms with Crippen molar-refractivity contribution in [2.75, 3.05) is 7.11 Å². The molecule has 0 fully saturated rings. The van der Waals surface area contributed by atoms with E-state index in [-0.39, 0.29) is 5.69 Å². The van der Waals surface area contributed by atoms with Gasteiger partial charge in [-0.1, -0.05) is 0 Å². The van der Waals surface area contributed by atoms with Crippen molar-refractivity contribution in [1.82, 2.24) is 9.97 Å². The number of hydrogen-bond acceptors (Lipinski definition) is 4. The maximum absolute atomic E-state index is 10.9. The van der Waals surface area contributed by atoms with Gasteiger partial charge in [0.1, 0.15) is 0 Å². The SMILES string of the molecule is COc1nc(C(N)=O)c(C)nc1C. The highest BCUT2D eigenvalue weighted by Gasteiger charge is 2.12. The maximum Gasteiger partial charge on any atom is 0.269 e. The molecule has 0 spiro atoms. The standard InChI is InChI=1S/C8H11N3O2/c1-4-6(7(9)12)11-8(13-3)5(2)10-4/h1-3H3,(H2,9,12). The number of hydrogen-bond donors (Lipinski definition) is 1. The Hall–Kier alpha value is -1.65. The Morgan fingerprint density at radius 2 is 1.92 bits per heavy atom. The molecule has 1 heterocycles. The Labute approximate surface area is 75.9 Å². The fourth-order valence-electron chi connectivity index (χ4n) is 1.04. The van der Waals surface area contributed by atoms with Gasteiger partial charge in [0.15, 0.2) is 5.69 Å². The molecule has 2 N–H and O–H groups in total. The van der Waals surface area contributed by atoms with E-state index < -0.39 is 5.91 Å². The predicted molar refractivity (Wildman–Crippen MR) is 46.6 cm³/mol. The molecule has 0 unspecified atom stereocenters. The first-order chi connectivity index (χ1) is 6.06. The lowest BCUT2D eigenvalue weighted by molar-refractivity contribution is 0.0993. The third-order valence-electron chi connectivity index (χ3n) is 1.63. The summed E-state index contributed by atoms with van der Waals surface area (Å²) in [6, 6.07) is 0. The van der Waals surface area contributed by atoms with Crippen LogP contribution < -0.4 is 10.5 Å². The van der Waals surface area contributed by atoms with Gasteiger partial charge in [0.2, 0.25) is 5.88 Å². The van der Waals surface area contributed by atoms with Crippen molar-refractivity contribution in [2.45, 2.75) is 13.8 Å². The molecule has 13 heavy (non-hydrogen) atoms. The smallest absolute Gasteiger partial charge is 0.269 e. The highest BCUT2D eigenvalue weighted by molar-refractivity contribution is 5.91. The molecule has 70 valence electrons. The van der Waals surface area contributed by atoms with Crippen molar-refractivity contribution >= 4 is 5.91 Å². The molecule has 0 atom stereocenters. The molecular weight excluding hydrogens is 170 g/mol. The molecule has 0 aliphatic heterocycles. The molecule has 0 aliphatic carbocycles. The van der Waals surface area contributed by atoms with Crippen LogP contribution in [0.2, 0.25) is 0 Å². The molecule has 1 aromatic rings. The van der Waals surface area contributed by atoms with Gasteiger partial charge in [-0.3, -0.25) is 9.78 Å². The molecule has 1 amide bonds. The molecule has 5 nitrogen and oxygen atoms in total. The van der Waals surface area contributed by atoms with Crippen molar-refractivity contribution in [2.24, 2.45) is 5.73 Å². The Morgan fingerprint density at radius 1 is 1.31 bits per heavy atom. The van der Waals surface area contributed by atoms with Crippen molar-refractivity contribution in [3.63, 3.8) is 0 Å². The fourth-order valence-corrected chi connectivity index (χ4v) is 1.04. The number of amides is 1. The van der Waals surface area contributed by atoms with Crippen LogP contribution in [0.3, 0.4) is 0 Å². The van der Waals surface area contributed by atoms with Gasteiger partial charge in [0, 0.05) is 0 Å². The summed E-state index contributed by atoms with van der Waals surface area (Å²) in [6.45, 7) is 3.43. The van der Waals surface area contributed by atoms with E-state index in [2.05, 4.69) is 9.97 Å². The number of ether oxygens (including phenoxy) is 1. The zero-order chi connectivity index (χ0) is 10.0. The summed E-state index contributed by atoms with van der Waals surface area (Å²) in [6.07, 6.45) is 0. The van der Waals surface area contributed by atoms with Crippen LogP contribution in [0.25, 0.3) is 0 Å². The van der Waals surface area contributed by atoms with Crippen LogP contribution in [0.5, 0.6) is 5.88 Å². The molecule has 0 aromatic carbocycles. The average molecular weight is 181 g/mol. The summed E-state index contributed by atoms with van der Waals surface area (Å²) in [7, 11) is 1.47. The number of rotatable bonds is 2. The second-order valence-corrected chi connectivity index (χ2v) is 2.62. The van der Waals surface area contributed by atoms with E-state index >= 15 is 0 Å². The summed E-state index contributed by atoms with van der Waals surface area (Å²) < 4.78 is 4.91. The summed E-state index contributed by atoms with van der Waals surface area (Å²) in [5.74, 6) is -0.261. The number of aryl methyl sites for hydroxylation is 2. The van der Waals surface area contributed by atoms with E-state index in [0.717, 1.165) is 0 Å². The lowest BCUT2D eigenvalue weighted by atomic mass is 10.3. The normalized spacial score (nSPS) is 9.77. The van der Waals surface area contributed by atoms with Crippen molar-refractivity contribution in [3.05, 3.63) is 17.1 Å². The highest BCUT2D eigenvalue weighted by atomic mass is 16.5. The summed E-state index contributed by atoms with van der Waals surface area (Å²) in [4.78, 5) is 18.9. The number of aromatic nitrogens is 2. The fraction of sp³-hybridized carbons (Fsp3) is 0.375. The Morgan fingerprint density at radius 3 is 2.38 bits per heavy atom. The van der Waals surface area contributed by atoms with E-state index in [4.69, 9.17) is 10.5 Å². The van der Waals surface area contributed by atoms with E-state index in [0.29, 0.717) is 17.3 Å². The van der Waals surface area contributed by atoms with E-state index in [9.17, 15) is 4.79 Å². The summed E-state index contributed by atoms with van der Waals surface area (Å²) >= 11 is 0. The van der Waals surface area contributed by atoms with Crippen LogP contribution in [0, 0.1) is 13.8 Å². The largest absolute Gasteiger partial charge is 0.480 e. The Kier molecular flexibility index (Phi) is 2.46. The van der Waals surface area contributed by atoms with Gasteiger partial charge in [-0.25, -0.2) is 4.98 Å². The summed E-state index contributed by atoms with van der Waals surface area (Å²) in [5.41, 5.74) is 6.41. The molecule has 0 saturated heterocycles. The van der Waals surface area contributed by atoms with Gasteiger partial charge in [0.05, 0.1) is 18.5 Å². The molecule has 1 aromatic heterocycles. The van der Waals surface area contributed by atoms with Gasteiger partial charge in [-0.05, 0) is 13.8 Å². The van der Waals surface area contributed by atoms with Crippen LogP contribution in [-0.2, 0) is 0 Å². The first-order valence-corrected chi connectivity index (χ1v) is 3.75. The van der Waals surface area contributed by atoms with Crippen LogP contribution in [0.1, 0.15) is 21.9 Å². The zero-order valence-corrected chi connectivity index (χ0v) is 7.79. The lowest BCUT2D eigenvalue weighted by Gasteiger charge is -2.05. The van der Waals surface area contributed by atoms with E-state index in [1.54, 1.807) is 13.8 Å². The first kappa shape index (κ1) is 9.44. The van der Waals surface area contributed by atoms with Crippen molar-refractivity contribution in [1.29, 1.82) is 0 Å². The molecule has 0 radical (unpaired) electrons. The minimum absolute atomic E-state index is 0.155. The third-order valence-corrected chi connectivity index (χ3v) is 1.63. The second-order valence-electron chi connectivity index (χ2n) is 2.62. The molecule has 0 bridgehead atoms. The van der Waals surface area contributed by atoms with E-state index in [1.165, 1.54) is 7.11 Å². The zero-order valence-electron chi connectivity index (χ0n) is 7.79. The van der Waals surface area contributed by atoms with Gasteiger partial charge in [-0.2, -0.15) is 0 Å². The lowest BCUT2D eigenvalue weighted by Crippen LogP contribution is -2.17. The predicted octanol–water partition coefficient (Wildman–Crippen LogP) is 0.201. The highest BCUT2D eigenvalue weighted by Crippen LogP contribution is 2.13. The van der Waals surface area contributed by atoms with Crippen LogP contribution in [-0.4, -0.2) is 23.0 Å². The third kappa shape index (κ3) is 1.74.